The van der Waals surface area contributed by atoms with Gasteiger partial charge in [0.1, 0.15) is 0 Å². The Morgan fingerprint density at radius 1 is 1.00 bits per heavy atom. The van der Waals surface area contributed by atoms with E-state index in [9.17, 15) is 0 Å². The summed E-state index contributed by atoms with van der Waals surface area (Å²) in [6.07, 6.45) is 6.95. The summed E-state index contributed by atoms with van der Waals surface area (Å²) in [7, 11) is 0. The fourth-order valence-corrected chi connectivity index (χ4v) is 3.62. The van der Waals surface area contributed by atoms with E-state index in [-0.39, 0.29) is 11.2 Å². The van der Waals surface area contributed by atoms with E-state index >= 15 is 0 Å². The van der Waals surface area contributed by atoms with Crippen molar-refractivity contribution in [1.29, 1.82) is 0 Å². The Kier molecular flexibility index (Phi) is 2.61. The molecule has 2 saturated carbocycles. The smallest absolute Gasteiger partial charge is 0.0787 e. The normalized spacial score (nSPS) is 35.5. The van der Waals surface area contributed by atoms with E-state index in [0.29, 0.717) is 6.04 Å². The summed E-state index contributed by atoms with van der Waals surface area (Å²) in [5.74, 6) is 1.95. The third-order valence-corrected chi connectivity index (χ3v) is 4.73. The second-order valence-electron chi connectivity index (χ2n) is 7.59. The summed E-state index contributed by atoms with van der Waals surface area (Å²) < 4.78 is 6.19. The number of hydrogen-bond donors (Lipinski definition) is 1. The lowest BCUT2D eigenvalue weighted by atomic mass is 9.92. The Morgan fingerprint density at radius 3 is 1.88 bits per heavy atom. The van der Waals surface area contributed by atoms with E-state index in [2.05, 4.69) is 33.0 Å². The Hall–Kier alpha value is -0.0800. The maximum Gasteiger partial charge on any atom is 0.0787 e. The minimum absolute atomic E-state index is 0.00840. The van der Waals surface area contributed by atoms with Crippen molar-refractivity contribution in [2.24, 2.45) is 11.8 Å². The van der Waals surface area contributed by atoms with Crippen molar-refractivity contribution in [3.63, 3.8) is 0 Å². The lowest BCUT2D eigenvalue weighted by molar-refractivity contribution is -0.0707. The molecule has 2 nitrogen and oxygen atoms in total. The molecule has 17 heavy (non-hydrogen) atoms. The SMILES string of the molecule is CC1(C)CC(NC(C2CC2)C2CC2)C(C)(C)O1. The van der Waals surface area contributed by atoms with Crippen LogP contribution in [0.4, 0.5) is 0 Å². The topological polar surface area (TPSA) is 21.3 Å². The van der Waals surface area contributed by atoms with E-state index in [1.165, 1.54) is 25.7 Å². The molecule has 1 N–H and O–H groups in total. The van der Waals surface area contributed by atoms with Gasteiger partial charge in [-0.05, 0) is 71.6 Å². The molecular formula is C15H27NO. The predicted molar refractivity (Wildman–Crippen MR) is 70.0 cm³/mol. The van der Waals surface area contributed by atoms with Gasteiger partial charge in [-0.1, -0.05) is 0 Å². The highest BCUT2D eigenvalue weighted by Gasteiger charge is 2.49. The maximum atomic E-state index is 6.19. The molecule has 0 bridgehead atoms. The van der Waals surface area contributed by atoms with E-state index < -0.39 is 0 Å². The average molecular weight is 237 g/mol. The Morgan fingerprint density at radius 2 is 1.53 bits per heavy atom. The van der Waals surface area contributed by atoms with Crippen LogP contribution in [0.5, 0.6) is 0 Å². The molecule has 0 amide bonds. The number of hydrogen-bond acceptors (Lipinski definition) is 2. The van der Waals surface area contributed by atoms with Crippen LogP contribution >= 0.6 is 0 Å². The number of nitrogens with one attached hydrogen (secondary N) is 1. The largest absolute Gasteiger partial charge is 0.368 e. The van der Waals surface area contributed by atoms with Crippen molar-refractivity contribution in [2.45, 2.75) is 83.1 Å². The summed E-state index contributed by atoms with van der Waals surface area (Å²) in [6.45, 7) is 8.94. The quantitative estimate of drug-likeness (QED) is 0.811. The minimum Gasteiger partial charge on any atom is -0.368 e. The van der Waals surface area contributed by atoms with Gasteiger partial charge < -0.3 is 10.1 Å². The highest BCUT2D eigenvalue weighted by Crippen LogP contribution is 2.46. The molecule has 1 unspecified atom stereocenters. The molecule has 2 heteroatoms. The molecule has 1 atom stereocenters. The van der Waals surface area contributed by atoms with E-state index in [4.69, 9.17) is 4.74 Å². The molecule has 3 fully saturated rings. The summed E-state index contributed by atoms with van der Waals surface area (Å²) in [5, 5.41) is 3.96. The molecule has 2 aliphatic carbocycles. The summed E-state index contributed by atoms with van der Waals surface area (Å²) in [6, 6.07) is 1.32. The maximum absolute atomic E-state index is 6.19. The lowest BCUT2D eigenvalue weighted by Crippen LogP contribution is -2.49. The average Bonchev–Trinajstić information content (AvgIpc) is 3.02. The van der Waals surface area contributed by atoms with Crippen LogP contribution in [0, 0.1) is 11.8 Å². The first kappa shape index (κ1) is 12.0. The highest BCUT2D eigenvalue weighted by atomic mass is 16.5. The van der Waals surface area contributed by atoms with Crippen LogP contribution in [0.15, 0.2) is 0 Å². The number of ether oxygens (including phenoxy) is 1. The zero-order valence-electron chi connectivity index (χ0n) is 11.8. The fourth-order valence-electron chi connectivity index (χ4n) is 3.62. The van der Waals surface area contributed by atoms with Gasteiger partial charge in [0.25, 0.3) is 0 Å². The van der Waals surface area contributed by atoms with Crippen LogP contribution in [0.2, 0.25) is 0 Å². The Balaban J connectivity index is 1.67. The first-order valence-corrected chi connectivity index (χ1v) is 7.34. The lowest BCUT2D eigenvalue weighted by Gasteiger charge is -2.31. The first-order valence-electron chi connectivity index (χ1n) is 7.34. The van der Waals surface area contributed by atoms with Crippen LogP contribution in [0.3, 0.4) is 0 Å². The predicted octanol–water partition coefficient (Wildman–Crippen LogP) is 3.11. The summed E-state index contributed by atoms with van der Waals surface area (Å²) in [4.78, 5) is 0. The van der Waals surface area contributed by atoms with E-state index in [1.54, 1.807) is 0 Å². The van der Waals surface area contributed by atoms with Gasteiger partial charge in [0.15, 0.2) is 0 Å². The second-order valence-corrected chi connectivity index (χ2v) is 7.59. The highest BCUT2D eigenvalue weighted by molar-refractivity contribution is 5.04. The molecule has 0 aromatic carbocycles. The van der Waals surface area contributed by atoms with Gasteiger partial charge in [-0.3, -0.25) is 0 Å². The third-order valence-electron chi connectivity index (χ3n) is 4.73. The van der Waals surface area contributed by atoms with Crippen molar-refractivity contribution < 1.29 is 4.74 Å². The van der Waals surface area contributed by atoms with Gasteiger partial charge >= 0.3 is 0 Å². The summed E-state index contributed by atoms with van der Waals surface area (Å²) >= 11 is 0. The third kappa shape index (κ3) is 2.53. The second kappa shape index (κ2) is 3.71. The molecule has 98 valence electrons. The zero-order chi connectivity index (χ0) is 12.3. The van der Waals surface area contributed by atoms with Gasteiger partial charge in [-0.25, -0.2) is 0 Å². The van der Waals surface area contributed by atoms with Gasteiger partial charge in [-0.2, -0.15) is 0 Å². The summed E-state index contributed by atoms with van der Waals surface area (Å²) in [5.41, 5.74) is 0.0321. The standard InChI is InChI=1S/C15H27NO/c1-14(2)9-12(15(3,4)17-14)16-13(10-5-6-10)11-7-8-11/h10-13,16H,5-9H2,1-4H3. The van der Waals surface area contributed by atoms with Gasteiger partial charge in [0.05, 0.1) is 11.2 Å². The van der Waals surface area contributed by atoms with Crippen LogP contribution in [-0.4, -0.2) is 23.3 Å². The Labute approximate surface area is 105 Å². The van der Waals surface area contributed by atoms with Crippen LogP contribution in [0.25, 0.3) is 0 Å². The molecular weight excluding hydrogens is 210 g/mol. The molecule has 1 saturated heterocycles. The molecule has 0 aromatic rings. The minimum atomic E-state index is -0.00840. The molecule has 3 aliphatic rings. The molecule has 1 aliphatic heterocycles. The van der Waals surface area contributed by atoms with Crippen molar-refractivity contribution in [3.05, 3.63) is 0 Å². The van der Waals surface area contributed by atoms with Crippen LogP contribution < -0.4 is 5.32 Å². The molecule has 3 rings (SSSR count). The monoisotopic (exact) mass is 237 g/mol. The van der Waals surface area contributed by atoms with E-state index in [0.717, 1.165) is 24.3 Å². The fraction of sp³-hybridized carbons (Fsp3) is 1.00. The Bertz CT molecular complexity index is 290. The van der Waals surface area contributed by atoms with Crippen molar-refractivity contribution in [2.75, 3.05) is 0 Å². The molecule has 1 heterocycles. The zero-order valence-corrected chi connectivity index (χ0v) is 11.8. The van der Waals surface area contributed by atoms with Gasteiger partial charge in [-0.15, -0.1) is 0 Å². The van der Waals surface area contributed by atoms with Crippen LogP contribution in [-0.2, 0) is 4.74 Å². The van der Waals surface area contributed by atoms with Crippen molar-refractivity contribution in [1.82, 2.24) is 5.32 Å². The van der Waals surface area contributed by atoms with Crippen molar-refractivity contribution in [3.8, 4) is 0 Å². The molecule has 0 radical (unpaired) electrons. The van der Waals surface area contributed by atoms with Gasteiger partial charge in [0.2, 0.25) is 0 Å². The first-order chi connectivity index (χ1) is 7.87. The molecule has 0 spiro atoms. The molecule has 0 aromatic heterocycles. The van der Waals surface area contributed by atoms with Crippen molar-refractivity contribution >= 4 is 0 Å². The van der Waals surface area contributed by atoms with Gasteiger partial charge in [0, 0.05) is 12.1 Å². The van der Waals surface area contributed by atoms with E-state index in [1.807, 2.05) is 0 Å². The van der Waals surface area contributed by atoms with Crippen LogP contribution in [0.1, 0.15) is 59.8 Å². The number of rotatable bonds is 4.